The van der Waals surface area contributed by atoms with Gasteiger partial charge in [0.25, 0.3) is 0 Å². The molecule has 1 heterocycles. The first-order chi connectivity index (χ1) is 7.22. The summed E-state index contributed by atoms with van der Waals surface area (Å²) < 4.78 is 0. The Morgan fingerprint density at radius 2 is 2.07 bits per heavy atom. The van der Waals surface area contributed by atoms with Crippen molar-refractivity contribution in [2.24, 2.45) is 5.73 Å². The molecule has 1 atom stereocenters. The van der Waals surface area contributed by atoms with Crippen LogP contribution in [0.3, 0.4) is 0 Å². The topological polar surface area (TPSA) is 38.9 Å². The second-order valence-corrected chi connectivity index (χ2v) is 4.02. The van der Waals surface area contributed by atoms with Crippen molar-refractivity contribution in [3.05, 3.63) is 41.6 Å². The summed E-state index contributed by atoms with van der Waals surface area (Å²) in [6.45, 7) is 4.87. The van der Waals surface area contributed by atoms with Crippen LogP contribution in [0.15, 0.2) is 30.3 Å². The van der Waals surface area contributed by atoms with Crippen LogP contribution in [-0.4, -0.2) is 11.5 Å². The number of para-hydroxylation sites is 1. The highest BCUT2D eigenvalue weighted by molar-refractivity contribution is 5.82. The number of benzene rings is 1. The zero-order valence-electron chi connectivity index (χ0n) is 9.20. The largest absolute Gasteiger partial charge is 0.330 e. The van der Waals surface area contributed by atoms with Gasteiger partial charge < -0.3 is 5.73 Å². The number of hydrogen-bond acceptors (Lipinski definition) is 2. The first-order valence-corrected chi connectivity index (χ1v) is 5.28. The van der Waals surface area contributed by atoms with E-state index in [1.165, 1.54) is 10.9 Å². The Kier molecular flexibility index (Phi) is 2.69. The second-order valence-electron chi connectivity index (χ2n) is 4.02. The highest BCUT2D eigenvalue weighted by Crippen LogP contribution is 2.21. The molecule has 1 aromatic heterocycles. The molecule has 0 saturated carbocycles. The van der Waals surface area contributed by atoms with Crippen molar-refractivity contribution in [2.75, 3.05) is 6.54 Å². The van der Waals surface area contributed by atoms with Gasteiger partial charge in [0.15, 0.2) is 0 Å². The van der Waals surface area contributed by atoms with E-state index >= 15 is 0 Å². The zero-order valence-corrected chi connectivity index (χ0v) is 9.20. The van der Waals surface area contributed by atoms with Crippen LogP contribution in [0.1, 0.15) is 24.1 Å². The van der Waals surface area contributed by atoms with Crippen LogP contribution >= 0.6 is 0 Å². The fourth-order valence-corrected chi connectivity index (χ4v) is 1.75. The van der Waals surface area contributed by atoms with Crippen LogP contribution in [0.4, 0.5) is 0 Å². The van der Waals surface area contributed by atoms with Gasteiger partial charge in [-0.25, -0.2) is 0 Å². The molecular weight excluding hydrogens is 184 g/mol. The lowest BCUT2D eigenvalue weighted by Crippen LogP contribution is -2.10. The van der Waals surface area contributed by atoms with Crippen molar-refractivity contribution in [3.63, 3.8) is 0 Å². The molecule has 0 amide bonds. The van der Waals surface area contributed by atoms with E-state index in [1.54, 1.807) is 0 Å². The molecule has 0 aliphatic heterocycles. The number of nitrogens with zero attached hydrogens (tertiary/aromatic N) is 1. The average Bonchev–Trinajstić information content (AvgIpc) is 2.28. The van der Waals surface area contributed by atoms with Gasteiger partial charge in [0.1, 0.15) is 0 Å². The summed E-state index contributed by atoms with van der Waals surface area (Å²) in [7, 11) is 0. The molecule has 1 aromatic carbocycles. The number of fused-ring (bicyclic) bond motifs is 1. The van der Waals surface area contributed by atoms with Gasteiger partial charge in [0.2, 0.25) is 0 Å². The van der Waals surface area contributed by atoms with E-state index in [0.29, 0.717) is 12.5 Å². The molecule has 2 heteroatoms. The third kappa shape index (κ3) is 1.85. The predicted octanol–water partition coefficient (Wildman–Crippen LogP) is 2.61. The molecular formula is C13H16N2. The Morgan fingerprint density at radius 1 is 1.33 bits per heavy atom. The van der Waals surface area contributed by atoms with Crippen LogP contribution < -0.4 is 5.73 Å². The summed E-state index contributed by atoms with van der Waals surface area (Å²) in [6.07, 6.45) is 0. The Labute approximate surface area is 90.1 Å². The third-order valence-corrected chi connectivity index (χ3v) is 2.80. The van der Waals surface area contributed by atoms with Gasteiger partial charge in [-0.3, -0.25) is 4.98 Å². The normalized spacial score (nSPS) is 13.0. The zero-order chi connectivity index (χ0) is 10.8. The summed E-state index contributed by atoms with van der Waals surface area (Å²) in [5.41, 5.74) is 9.09. The van der Waals surface area contributed by atoms with Crippen LogP contribution in [0.2, 0.25) is 0 Å². The maximum absolute atomic E-state index is 5.66. The summed E-state index contributed by atoms with van der Waals surface area (Å²) >= 11 is 0. The van der Waals surface area contributed by atoms with E-state index < -0.39 is 0 Å². The fraction of sp³-hybridized carbons (Fsp3) is 0.308. The first kappa shape index (κ1) is 10.1. The average molecular weight is 200 g/mol. The van der Waals surface area contributed by atoms with Crippen LogP contribution in [0.25, 0.3) is 10.9 Å². The van der Waals surface area contributed by atoms with Gasteiger partial charge >= 0.3 is 0 Å². The van der Waals surface area contributed by atoms with E-state index in [4.69, 9.17) is 5.73 Å². The predicted molar refractivity (Wildman–Crippen MR) is 63.9 cm³/mol. The van der Waals surface area contributed by atoms with Gasteiger partial charge in [-0.1, -0.05) is 25.1 Å². The van der Waals surface area contributed by atoms with E-state index in [9.17, 15) is 0 Å². The lowest BCUT2D eigenvalue weighted by Gasteiger charge is -2.10. The maximum Gasteiger partial charge on any atom is 0.0708 e. The van der Waals surface area contributed by atoms with Gasteiger partial charge in [-0.2, -0.15) is 0 Å². The van der Waals surface area contributed by atoms with Gasteiger partial charge in [-0.15, -0.1) is 0 Å². The molecule has 1 unspecified atom stereocenters. The molecule has 0 fully saturated rings. The number of nitrogens with two attached hydrogens (primary N) is 1. The Balaban J connectivity index is 2.62. The molecule has 0 saturated heterocycles. The van der Waals surface area contributed by atoms with Crippen molar-refractivity contribution < 1.29 is 0 Å². The first-order valence-electron chi connectivity index (χ1n) is 5.28. The summed E-state index contributed by atoms with van der Waals surface area (Å²) in [4.78, 5) is 4.63. The van der Waals surface area contributed by atoms with Crippen molar-refractivity contribution >= 4 is 10.9 Å². The minimum absolute atomic E-state index is 0.327. The molecule has 2 aromatic rings. The van der Waals surface area contributed by atoms with E-state index in [1.807, 2.05) is 12.1 Å². The standard InChI is InChI=1S/C13H16N2/c1-9-7-13(10(2)8-14)15-12-6-4-3-5-11(9)12/h3-7,10H,8,14H2,1-2H3. The summed E-state index contributed by atoms with van der Waals surface area (Å²) in [5.74, 6) is 0.327. The van der Waals surface area contributed by atoms with E-state index in [-0.39, 0.29) is 0 Å². The lowest BCUT2D eigenvalue weighted by molar-refractivity contribution is 0.749. The molecule has 0 spiro atoms. The second kappa shape index (κ2) is 3.99. The number of hydrogen-bond donors (Lipinski definition) is 1. The molecule has 2 nitrogen and oxygen atoms in total. The monoisotopic (exact) mass is 200 g/mol. The lowest BCUT2D eigenvalue weighted by atomic mass is 10.0. The quantitative estimate of drug-likeness (QED) is 0.809. The molecule has 0 bridgehead atoms. The highest BCUT2D eigenvalue weighted by atomic mass is 14.7. The van der Waals surface area contributed by atoms with Gasteiger partial charge in [0, 0.05) is 23.5 Å². The summed E-state index contributed by atoms with van der Waals surface area (Å²) in [5, 5.41) is 1.23. The molecule has 78 valence electrons. The maximum atomic E-state index is 5.66. The molecule has 0 aliphatic carbocycles. The Hall–Kier alpha value is -1.41. The Morgan fingerprint density at radius 3 is 2.80 bits per heavy atom. The van der Waals surface area contributed by atoms with Gasteiger partial charge in [0.05, 0.1) is 5.52 Å². The van der Waals surface area contributed by atoms with Crippen LogP contribution in [-0.2, 0) is 0 Å². The van der Waals surface area contributed by atoms with E-state index in [2.05, 4.69) is 37.0 Å². The third-order valence-electron chi connectivity index (χ3n) is 2.80. The molecule has 2 rings (SSSR count). The molecule has 0 radical (unpaired) electrons. The van der Waals surface area contributed by atoms with E-state index in [0.717, 1.165) is 11.2 Å². The van der Waals surface area contributed by atoms with Crippen LogP contribution in [0.5, 0.6) is 0 Å². The smallest absolute Gasteiger partial charge is 0.0708 e. The Bertz CT molecular complexity index is 477. The molecule has 0 aliphatic rings. The minimum atomic E-state index is 0.327. The van der Waals surface area contributed by atoms with Crippen LogP contribution in [0, 0.1) is 6.92 Å². The number of pyridine rings is 1. The van der Waals surface area contributed by atoms with Crippen molar-refractivity contribution in [2.45, 2.75) is 19.8 Å². The highest BCUT2D eigenvalue weighted by Gasteiger charge is 2.07. The number of rotatable bonds is 2. The van der Waals surface area contributed by atoms with Crippen molar-refractivity contribution in [1.29, 1.82) is 0 Å². The van der Waals surface area contributed by atoms with Crippen molar-refractivity contribution in [1.82, 2.24) is 4.98 Å². The SMILES string of the molecule is Cc1cc(C(C)CN)nc2ccccc12. The molecule has 15 heavy (non-hydrogen) atoms. The fourth-order valence-electron chi connectivity index (χ4n) is 1.75. The van der Waals surface area contributed by atoms with Crippen molar-refractivity contribution in [3.8, 4) is 0 Å². The van der Waals surface area contributed by atoms with Gasteiger partial charge in [-0.05, 0) is 24.6 Å². The number of aromatic nitrogens is 1. The number of aryl methyl sites for hydroxylation is 1. The summed E-state index contributed by atoms with van der Waals surface area (Å²) in [6, 6.07) is 10.4. The molecule has 2 N–H and O–H groups in total. The minimum Gasteiger partial charge on any atom is -0.330 e.